The first-order chi connectivity index (χ1) is 59.0. The van der Waals surface area contributed by atoms with Crippen LogP contribution in [-0.4, -0.2) is 136 Å². The highest BCUT2D eigenvalue weighted by Gasteiger charge is 2.30. The lowest BCUT2D eigenvalue weighted by atomic mass is 9.96. The summed E-state index contributed by atoms with van der Waals surface area (Å²) in [6.07, 6.45) is 31.8. The number of terminal acetylenes is 3. The van der Waals surface area contributed by atoms with E-state index in [1.807, 2.05) is 139 Å². The number of cyclic esters (lactones) is 4. The average Bonchev–Trinajstić information content (AvgIpc) is 1.65. The summed E-state index contributed by atoms with van der Waals surface area (Å²) >= 11 is 0. The largest absolute Gasteiger partial charge is 0.457 e. The van der Waals surface area contributed by atoms with E-state index in [0.717, 1.165) is 231 Å². The van der Waals surface area contributed by atoms with Crippen LogP contribution in [-0.2, 0) is 123 Å². The Balaban J connectivity index is 0.000000115. The van der Waals surface area contributed by atoms with Crippen molar-refractivity contribution in [2.24, 2.45) is 0 Å². The molecule has 0 saturated carbocycles. The SMILES string of the molecule is C#Cc1ccc(-c2ncc3c(n2)CCN(CCc2ccc4c(c2)COC4=O)C3)cc1.C#Cc1ccc(-c2ncc3c(n2)CCN(CCc2ccc4c(c2C)COC4=O)C3)cc1.C#Cc1ccc(-n2ncc3c2CCN(CCc2ccc4c(c2)COC4=O)C3)cc1.Cc1ccc(-c2ncc3c(n2)CCN(CCc2ccc4c(c2C)COC4=O)C3)c(C)c1. The third-order valence-corrected chi connectivity index (χ3v) is 24.5. The minimum atomic E-state index is -0.212. The zero-order chi connectivity index (χ0) is 83.2. The van der Waals surface area contributed by atoms with Gasteiger partial charge in [-0.3, -0.25) is 19.6 Å². The van der Waals surface area contributed by atoms with E-state index in [0.29, 0.717) is 37.6 Å². The van der Waals surface area contributed by atoms with Crippen molar-refractivity contribution in [3.05, 3.63) is 327 Å². The van der Waals surface area contributed by atoms with E-state index in [4.69, 9.17) is 53.2 Å². The molecule has 0 aliphatic carbocycles. The molecule has 12 aromatic rings. The van der Waals surface area contributed by atoms with Gasteiger partial charge in [-0.1, -0.05) is 77.9 Å². The molecule has 8 aromatic carbocycles. The van der Waals surface area contributed by atoms with E-state index in [1.165, 1.54) is 78.1 Å². The number of hydrogen-bond donors (Lipinski definition) is 0. The van der Waals surface area contributed by atoms with Crippen molar-refractivity contribution >= 4 is 23.9 Å². The van der Waals surface area contributed by atoms with Crippen LogP contribution in [0.4, 0.5) is 0 Å². The number of esters is 4. The minimum absolute atomic E-state index is 0.197. The predicted octanol–water partition coefficient (Wildman–Crippen LogP) is 14.6. The second kappa shape index (κ2) is 35.7. The van der Waals surface area contributed by atoms with Crippen LogP contribution in [0.2, 0.25) is 0 Å². The van der Waals surface area contributed by atoms with E-state index >= 15 is 0 Å². The van der Waals surface area contributed by atoms with E-state index in [9.17, 15) is 19.2 Å². The Morgan fingerprint density at radius 3 is 1.21 bits per heavy atom. The van der Waals surface area contributed by atoms with E-state index in [1.54, 1.807) is 0 Å². The van der Waals surface area contributed by atoms with Crippen molar-refractivity contribution in [3.63, 3.8) is 0 Å². The summed E-state index contributed by atoms with van der Waals surface area (Å²) in [6.45, 7) is 21.4. The zero-order valence-electron chi connectivity index (χ0n) is 68.6. The third-order valence-electron chi connectivity index (χ3n) is 24.5. The molecule has 0 fully saturated rings. The maximum absolute atomic E-state index is 11.8. The number of aryl methyl sites for hydroxylation is 2. The van der Waals surface area contributed by atoms with Gasteiger partial charge >= 0.3 is 23.9 Å². The third kappa shape index (κ3) is 17.9. The Hall–Kier alpha value is -13.4. The van der Waals surface area contributed by atoms with E-state index in [2.05, 4.69) is 128 Å². The molecule has 0 radical (unpaired) electrons. The van der Waals surface area contributed by atoms with Gasteiger partial charge in [0.15, 0.2) is 17.5 Å². The van der Waals surface area contributed by atoms with E-state index in [-0.39, 0.29) is 23.9 Å². The van der Waals surface area contributed by atoms with Crippen molar-refractivity contribution in [1.82, 2.24) is 59.3 Å². The summed E-state index contributed by atoms with van der Waals surface area (Å²) < 4.78 is 22.6. The first-order valence-corrected chi connectivity index (χ1v) is 41.5. The number of carbonyl (C=O) groups is 4. The minimum Gasteiger partial charge on any atom is -0.457 e. The summed E-state index contributed by atoms with van der Waals surface area (Å²) in [5, 5.41) is 4.62. The van der Waals surface area contributed by atoms with Gasteiger partial charge in [-0.25, -0.2) is 53.8 Å². The summed E-state index contributed by atoms with van der Waals surface area (Å²) in [5.74, 6) is 9.43. The monoisotopic (exact) mass is 1600 g/mol. The number of carbonyl (C=O) groups excluding carboxylic acids is 4. The van der Waals surface area contributed by atoms with Crippen LogP contribution in [0.1, 0.15) is 170 Å². The topological polar surface area (TPSA) is 213 Å². The molecule has 0 saturated heterocycles. The van der Waals surface area contributed by atoms with Gasteiger partial charge in [0.1, 0.15) is 26.4 Å². The lowest BCUT2D eigenvalue weighted by Crippen LogP contribution is -2.33. The number of aromatic nitrogens is 8. The summed E-state index contributed by atoms with van der Waals surface area (Å²) in [5.41, 5.74) is 33.2. The van der Waals surface area contributed by atoms with Gasteiger partial charge in [-0.2, -0.15) is 5.10 Å². The quantitative estimate of drug-likeness (QED) is 0.0499. The number of fused-ring (bicyclic) bond motifs is 8. The normalized spacial score (nSPS) is 15.3. The number of ether oxygens (including phenoxy) is 4. The highest BCUT2D eigenvalue weighted by molar-refractivity contribution is 5.95. The van der Waals surface area contributed by atoms with Crippen LogP contribution in [0.15, 0.2) is 176 Å². The van der Waals surface area contributed by atoms with Gasteiger partial charge in [-0.15, -0.1) is 19.3 Å². The van der Waals surface area contributed by atoms with Gasteiger partial charge < -0.3 is 18.9 Å². The fourth-order valence-corrected chi connectivity index (χ4v) is 17.3. The first kappa shape index (κ1) is 80.0. The number of hydrogen-bond acceptors (Lipinski definition) is 19. The molecule has 8 aliphatic heterocycles. The summed E-state index contributed by atoms with van der Waals surface area (Å²) in [6, 6.07) is 50.0. The molecule has 4 aromatic heterocycles. The smallest absolute Gasteiger partial charge is 0.338 e. The fraction of sp³-hybridized carbons (Fsp3) is 0.277. The standard InChI is InChI=1S/C26H27N3O2.C26H23N3O2.C25H21N3O2.C24H21N3O2/c1-16-4-6-21(17(2)12-16)25-27-13-20-14-29(11-9-24(20)28-25)10-8-19-5-7-22-23(18(19)3)15-31-26(22)30;1-3-18-4-6-20(7-5-18)25-27-14-21-15-29(13-11-24(21)28-25)12-10-19-8-9-22-23(17(19)2)16-31-26(22)30;1-2-17-3-6-19(7-4-17)24-26-14-21-15-28(12-10-23(21)27-24)11-9-18-5-8-22-20(13-18)16-30-25(22)29;1-2-17-3-6-21(7-4-17)27-23-10-12-26(15-20(23)14-25-27)11-9-18-5-8-22-19(13-18)16-29-24(22)28/h4-7,12-13H,8-11,14-15H2,1-3H3;1,4-9,14H,10-13,15-16H2,2H3;1,3-8,13-14H,9-12,15-16H2;1,3-8,13-14H,9-12,15-16H2. The van der Waals surface area contributed by atoms with Crippen LogP contribution < -0.4 is 0 Å². The lowest BCUT2D eigenvalue weighted by Gasteiger charge is -2.28. The van der Waals surface area contributed by atoms with Crippen LogP contribution in [0.25, 0.3) is 39.9 Å². The molecule has 0 amide bonds. The van der Waals surface area contributed by atoms with Gasteiger partial charge in [0.25, 0.3) is 0 Å². The second-order valence-electron chi connectivity index (χ2n) is 32.1. The van der Waals surface area contributed by atoms with Crippen LogP contribution in [0.3, 0.4) is 0 Å². The molecule has 604 valence electrons. The Labute approximate surface area is 705 Å². The number of benzene rings is 8. The van der Waals surface area contributed by atoms with Crippen LogP contribution in [0, 0.1) is 64.7 Å². The van der Waals surface area contributed by atoms with Crippen molar-refractivity contribution in [3.8, 4) is 76.9 Å². The molecule has 0 spiro atoms. The maximum Gasteiger partial charge on any atom is 0.338 e. The molecular formula is C101H92N12O8. The van der Waals surface area contributed by atoms with Crippen LogP contribution in [0.5, 0.6) is 0 Å². The molecule has 20 nitrogen and oxygen atoms in total. The molecule has 12 heterocycles. The number of rotatable bonds is 16. The molecule has 0 unspecified atom stereocenters. The Kier molecular flexibility index (Phi) is 23.6. The van der Waals surface area contributed by atoms with E-state index < -0.39 is 0 Å². The van der Waals surface area contributed by atoms with Gasteiger partial charge in [-0.05, 0) is 189 Å². The Bertz CT molecular complexity index is 6170. The van der Waals surface area contributed by atoms with Crippen molar-refractivity contribution in [2.45, 2.75) is 132 Å². The maximum atomic E-state index is 11.8. The molecule has 121 heavy (non-hydrogen) atoms. The zero-order valence-corrected chi connectivity index (χ0v) is 68.6. The molecule has 0 bridgehead atoms. The fourth-order valence-electron chi connectivity index (χ4n) is 17.3. The first-order valence-electron chi connectivity index (χ1n) is 41.5. The molecule has 0 atom stereocenters. The van der Waals surface area contributed by atoms with Crippen molar-refractivity contribution in [1.29, 1.82) is 0 Å². The summed E-state index contributed by atoms with van der Waals surface area (Å²) in [7, 11) is 0. The lowest BCUT2D eigenvalue weighted by molar-refractivity contribution is 0.0526. The highest BCUT2D eigenvalue weighted by Crippen LogP contribution is 2.33. The average molecular weight is 1600 g/mol. The predicted molar refractivity (Wildman–Crippen MR) is 462 cm³/mol. The molecule has 0 N–H and O–H groups in total. The molecule has 20 rings (SSSR count). The Morgan fingerprint density at radius 1 is 0.372 bits per heavy atom. The van der Waals surface area contributed by atoms with Gasteiger partial charge in [0, 0.05) is 206 Å². The van der Waals surface area contributed by atoms with Gasteiger partial charge in [0.2, 0.25) is 0 Å². The summed E-state index contributed by atoms with van der Waals surface area (Å²) in [4.78, 5) is 84.9. The van der Waals surface area contributed by atoms with Crippen LogP contribution >= 0.6 is 0 Å². The molecule has 20 heteroatoms. The number of nitrogens with zero attached hydrogens (tertiary/aromatic N) is 12. The highest BCUT2D eigenvalue weighted by atomic mass is 16.5. The van der Waals surface area contributed by atoms with Crippen molar-refractivity contribution in [2.75, 3.05) is 52.4 Å². The van der Waals surface area contributed by atoms with Gasteiger partial charge in [0.05, 0.1) is 51.2 Å². The second-order valence-corrected chi connectivity index (χ2v) is 32.1. The Morgan fingerprint density at radius 2 is 0.760 bits per heavy atom. The van der Waals surface area contributed by atoms with Crippen molar-refractivity contribution < 1.29 is 38.1 Å². The molecule has 8 aliphatic rings. The molecular weight excluding hydrogens is 1510 g/mol.